The third-order valence-corrected chi connectivity index (χ3v) is 8.78. The zero-order chi connectivity index (χ0) is 29.4. The Labute approximate surface area is 252 Å². The number of halogens is 1. The molecule has 0 spiro atoms. The Morgan fingerprint density at radius 1 is 0.976 bits per heavy atom. The van der Waals surface area contributed by atoms with E-state index in [-0.39, 0.29) is 17.3 Å². The van der Waals surface area contributed by atoms with Crippen molar-refractivity contribution in [3.63, 3.8) is 0 Å². The number of thioether (sulfide) groups is 1. The molecule has 6 rings (SSSR count). The minimum atomic E-state index is -0.271. The third kappa shape index (κ3) is 5.49. The molecule has 0 atom stereocenters. The molecule has 2 aliphatic rings. The van der Waals surface area contributed by atoms with Gasteiger partial charge in [-0.2, -0.15) is 0 Å². The second-order valence-corrected chi connectivity index (χ2v) is 11.8. The van der Waals surface area contributed by atoms with Gasteiger partial charge >= 0.3 is 0 Å². The highest BCUT2D eigenvalue weighted by molar-refractivity contribution is 8.26. The monoisotopic (exact) mass is 601 g/mol. The van der Waals surface area contributed by atoms with Crippen LogP contribution in [0.1, 0.15) is 16.7 Å². The maximum Gasteiger partial charge on any atom is 0.267 e. The van der Waals surface area contributed by atoms with Crippen molar-refractivity contribution in [1.29, 1.82) is 0 Å². The zero-order valence-electron chi connectivity index (χ0n) is 23.1. The Bertz CT molecular complexity index is 1760. The molecule has 4 aromatic rings. The van der Waals surface area contributed by atoms with Crippen LogP contribution in [0, 0.1) is 12.7 Å². The average Bonchev–Trinajstić information content (AvgIpc) is 3.27. The number of aryl methyl sites for hydroxylation is 1. The highest BCUT2D eigenvalue weighted by Crippen LogP contribution is 2.35. The molecule has 0 radical (unpaired) electrons. The lowest BCUT2D eigenvalue weighted by Crippen LogP contribution is -2.47. The molecule has 0 N–H and O–H groups in total. The topological polar surface area (TPSA) is 70.4 Å². The molecule has 8 nitrogen and oxygen atoms in total. The van der Waals surface area contributed by atoms with Gasteiger partial charge in [0.2, 0.25) is 0 Å². The fourth-order valence-corrected chi connectivity index (χ4v) is 6.36. The molecule has 1 amide bonds. The molecule has 2 saturated heterocycles. The molecule has 2 aliphatic heterocycles. The van der Waals surface area contributed by atoms with Crippen LogP contribution in [0.25, 0.3) is 11.7 Å². The zero-order valence-corrected chi connectivity index (χ0v) is 24.8. The standard InChI is InChI=1S/C31H28FN5O3S2/c1-20-3-12-27-33-28(35-15-13-34(14-16-35)23-8-6-22(32)7-9-23)25(29(38)36(27)18-20)17-26-30(39)37(31(41)42-26)19-21-4-10-24(40-2)11-5-21/h3-12,17-18H,13-16,19H2,1-2H3/b26-17+. The number of pyridine rings is 1. The van der Waals surface area contributed by atoms with Gasteiger partial charge in [-0.3, -0.25) is 18.9 Å². The molecule has 2 aromatic carbocycles. The highest BCUT2D eigenvalue weighted by Gasteiger charge is 2.33. The number of ether oxygens (including phenoxy) is 1. The molecule has 0 aliphatic carbocycles. The van der Waals surface area contributed by atoms with Crippen molar-refractivity contribution in [3.8, 4) is 5.75 Å². The Balaban J connectivity index is 1.32. The molecular formula is C31H28FN5O3S2. The molecule has 0 unspecified atom stereocenters. The lowest BCUT2D eigenvalue weighted by molar-refractivity contribution is -0.122. The maximum absolute atomic E-state index is 13.9. The van der Waals surface area contributed by atoms with E-state index in [2.05, 4.69) is 9.80 Å². The first-order valence-electron chi connectivity index (χ1n) is 13.5. The SMILES string of the molecule is COc1ccc(CN2C(=O)/C(=C\c3c(N4CCN(c5ccc(F)cc5)CC4)nc4ccc(C)cn4c3=O)SC2=S)cc1. The van der Waals surface area contributed by atoms with E-state index in [9.17, 15) is 14.0 Å². The molecule has 0 saturated carbocycles. The number of piperazine rings is 1. The summed E-state index contributed by atoms with van der Waals surface area (Å²) in [4.78, 5) is 38.5. The van der Waals surface area contributed by atoms with E-state index in [0.717, 1.165) is 22.6 Å². The van der Waals surface area contributed by atoms with Gasteiger partial charge in [-0.05, 0) is 66.6 Å². The van der Waals surface area contributed by atoms with Gasteiger partial charge in [-0.25, -0.2) is 9.37 Å². The lowest BCUT2D eigenvalue weighted by atomic mass is 10.2. The summed E-state index contributed by atoms with van der Waals surface area (Å²) < 4.78 is 20.6. The van der Waals surface area contributed by atoms with Crippen LogP contribution in [0.15, 0.2) is 76.6 Å². The normalized spacial score (nSPS) is 16.6. The van der Waals surface area contributed by atoms with Crippen molar-refractivity contribution in [2.45, 2.75) is 13.5 Å². The van der Waals surface area contributed by atoms with Gasteiger partial charge in [0.25, 0.3) is 11.5 Å². The number of nitrogens with zero attached hydrogens (tertiary/aromatic N) is 5. The molecular weight excluding hydrogens is 574 g/mol. The van der Waals surface area contributed by atoms with Crippen molar-refractivity contribution in [2.75, 3.05) is 43.1 Å². The summed E-state index contributed by atoms with van der Waals surface area (Å²) in [6, 6.07) is 17.7. The van der Waals surface area contributed by atoms with Crippen LogP contribution in [0.2, 0.25) is 0 Å². The Kier molecular flexibility index (Phi) is 7.70. The van der Waals surface area contributed by atoms with Crippen LogP contribution in [0.3, 0.4) is 0 Å². The van der Waals surface area contributed by atoms with E-state index in [1.807, 2.05) is 43.3 Å². The molecule has 11 heteroatoms. The number of carbonyl (C=O) groups excluding carboxylic acids is 1. The highest BCUT2D eigenvalue weighted by atomic mass is 32.2. The predicted molar refractivity (Wildman–Crippen MR) is 169 cm³/mol. The van der Waals surface area contributed by atoms with E-state index >= 15 is 0 Å². The van der Waals surface area contributed by atoms with Gasteiger partial charge in [-0.15, -0.1) is 0 Å². The van der Waals surface area contributed by atoms with Crippen molar-refractivity contribution >= 4 is 57.4 Å². The summed E-state index contributed by atoms with van der Waals surface area (Å²) in [7, 11) is 1.60. The summed E-state index contributed by atoms with van der Waals surface area (Å²) >= 11 is 6.76. The van der Waals surface area contributed by atoms with Gasteiger partial charge in [0, 0.05) is 38.1 Å². The van der Waals surface area contributed by atoms with Crippen molar-refractivity contribution < 1.29 is 13.9 Å². The molecule has 0 bridgehead atoms. The van der Waals surface area contributed by atoms with Crippen LogP contribution in [-0.2, 0) is 11.3 Å². The van der Waals surface area contributed by atoms with E-state index in [0.29, 0.717) is 59.0 Å². The number of carbonyl (C=O) groups is 1. The van der Waals surface area contributed by atoms with Crippen LogP contribution in [0.4, 0.5) is 15.9 Å². The number of benzene rings is 2. The number of hydrogen-bond acceptors (Lipinski definition) is 8. The molecule has 4 heterocycles. The largest absolute Gasteiger partial charge is 0.497 e. The first-order chi connectivity index (χ1) is 20.3. The summed E-state index contributed by atoms with van der Waals surface area (Å²) in [5.41, 5.74) is 3.41. The van der Waals surface area contributed by atoms with Gasteiger partial charge in [0.1, 0.15) is 27.4 Å². The predicted octanol–water partition coefficient (Wildman–Crippen LogP) is 4.88. The third-order valence-electron chi connectivity index (χ3n) is 7.41. The maximum atomic E-state index is 13.9. The number of hydrogen-bond donors (Lipinski definition) is 0. The van der Waals surface area contributed by atoms with Crippen LogP contribution < -0.4 is 20.1 Å². The van der Waals surface area contributed by atoms with Crippen LogP contribution in [0.5, 0.6) is 5.75 Å². The second-order valence-electron chi connectivity index (χ2n) is 10.2. The summed E-state index contributed by atoms with van der Waals surface area (Å²) in [6.45, 7) is 4.78. The number of fused-ring (bicyclic) bond motifs is 1. The van der Waals surface area contributed by atoms with Crippen molar-refractivity contribution in [1.82, 2.24) is 14.3 Å². The van der Waals surface area contributed by atoms with E-state index in [1.54, 1.807) is 36.4 Å². The van der Waals surface area contributed by atoms with Gasteiger partial charge in [0.15, 0.2) is 0 Å². The Morgan fingerprint density at radius 2 is 1.67 bits per heavy atom. The smallest absolute Gasteiger partial charge is 0.267 e. The minimum Gasteiger partial charge on any atom is -0.497 e. The minimum absolute atomic E-state index is 0.248. The number of amides is 1. The number of aromatic nitrogens is 2. The van der Waals surface area contributed by atoms with E-state index < -0.39 is 0 Å². The summed E-state index contributed by atoms with van der Waals surface area (Å²) in [5.74, 6) is 0.742. The van der Waals surface area contributed by atoms with Crippen LogP contribution >= 0.6 is 24.0 Å². The van der Waals surface area contributed by atoms with Crippen molar-refractivity contribution in [2.24, 2.45) is 0 Å². The number of methoxy groups -OCH3 is 1. The first kappa shape index (κ1) is 27.9. The summed E-state index contributed by atoms with van der Waals surface area (Å²) in [5, 5.41) is 0. The molecule has 214 valence electrons. The Morgan fingerprint density at radius 3 is 2.36 bits per heavy atom. The fourth-order valence-electron chi connectivity index (χ4n) is 5.12. The number of thiocarbonyl (C=S) groups is 1. The van der Waals surface area contributed by atoms with Crippen molar-refractivity contribution in [3.05, 3.63) is 105 Å². The quantitative estimate of drug-likeness (QED) is 0.229. The second kappa shape index (κ2) is 11.6. The van der Waals surface area contributed by atoms with Crippen LogP contribution in [-0.4, -0.2) is 57.8 Å². The van der Waals surface area contributed by atoms with E-state index in [4.69, 9.17) is 21.9 Å². The van der Waals surface area contributed by atoms with Gasteiger partial charge < -0.3 is 14.5 Å². The summed E-state index contributed by atoms with van der Waals surface area (Å²) in [6.07, 6.45) is 3.40. The Hall–Kier alpha value is -4.22. The van der Waals surface area contributed by atoms with Gasteiger partial charge in [-0.1, -0.05) is 42.2 Å². The van der Waals surface area contributed by atoms with Gasteiger partial charge in [0.05, 0.1) is 24.1 Å². The van der Waals surface area contributed by atoms with E-state index in [1.165, 1.54) is 28.3 Å². The first-order valence-corrected chi connectivity index (χ1v) is 14.7. The fraction of sp³-hybridized carbons (Fsp3) is 0.226. The number of anilines is 2. The molecule has 2 fully saturated rings. The molecule has 2 aromatic heterocycles. The molecule has 42 heavy (non-hydrogen) atoms. The number of rotatable bonds is 6. The average molecular weight is 602 g/mol. The lowest BCUT2D eigenvalue weighted by Gasteiger charge is -2.37.